The predicted octanol–water partition coefficient (Wildman–Crippen LogP) is 5.04. The molecule has 174 valence electrons. The smallest absolute Gasteiger partial charge is 0.252 e. The van der Waals surface area contributed by atoms with E-state index in [-0.39, 0.29) is 23.8 Å². The van der Waals surface area contributed by atoms with Crippen LogP contribution in [0.4, 0.5) is 8.78 Å². The molecule has 1 heterocycles. The van der Waals surface area contributed by atoms with Gasteiger partial charge in [0.2, 0.25) is 0 Å². The van der Waals surface area contributed by atoms with E-state index in [1.165, 1.54) is 6.07 Å². The van der Waals surface area contributed by atoms with E-state index in [2.05, 4.69) is 16.8 Å². The fourth-order valence-corrected chi connectivity index (χ4v) is 6.02. The second-order valence-electron chi connectivity index (χ2n) is 9.73. The van der Waals surface area contributed by atoms with Gasteiger partial charge in [-0.3, -0.25) is 4.79 Å². The number of carbonyl (C=O) groups is 1. The van der Waals surface area contributed by atoms with Gasteiger partial charge in [-0.1, -0.05) is 12.2 Å². The summed E-state index contributed by atoms with van der Waals surface area (Å²) in [4.78, 5) is 14.8. The minimum atomic E-state index is -0.554. The molecule has 6 heteroatoms. The zero-order valence-electron chi connectivity index (χ0n) is 19.0. The number of fused-ring (bicyclic) bond motifs is 2. The molecule has 2 N–H and O–H groups in total. The lowest BCUT2D eigenvalue weighted by atomic mass is 9.61. The Labute approximate surface area is 189 Å². The molecule has 1 aromatic rings. The van der Waals surface area contributed by atoms with Gasteiger partial charge in [0.25, 0.3) is 5.91 Å². The summed E-state index contributed by atoms with van der Waals surface area (Å²) >= 11 is 0. The zero-order valence-corrected chi connectivity index (χ0v) is 19.0. The molecule has 1 atom stereocenters. The van der Waals surface area contributed by atoms with Crippen molar-refractivity contribution < 1.29 is 18.7 Å². The highest BCUT2D eigenvalue weighted by Crippen LogP contribution is 2.50. The standard InChI is InChI=1S/C26H34F2N2O2/c1-17-5-3-4-6-21(17)25(32)29-18(2)30-12-10-26(11-13-30)9-7-19(8-14-31)22-15-20(27)16-23(28)24(22)26/h15-16,19,31H,2-14H2,1H3,(H,29,32). The Morgan fingerprint density at radius 1 is 1.22 bits per heavy atom. The first-order valence-electron chi connectivity index (χ1n) is 11.9. The first-order chi connectivity index (χ1) is 15.3. The number of nitrogens with zero attached hydrogens (tertiary/aromatic N) is 1. The summed E-state index contributed by atoms with van der Waals surface area (Å²) < 4.78 is 29.1. The average Bonchev–Trinajstić information content (AvgIpc) is 2.76. The van der Waals surface area contributed by atoms with Crippen molar-refractivity contribution in [2.75, 3.05) is 19.7 Å². The van der Waals surface area contributed by atoms with Crippen LogP contribution in [0.15, 0.2) is 35.7 Å². The van der Waals surface area contributed by atoms with Crippen LogP contribution >= 0.6 is 0 Å². The molecule has 2 aliphatic carbocycles. The lowest BCUT2D eigenvalue weighted by Gasteiger charge is -2.48. The van der Waals surface area contributed by atoms with Crippen molar-refractivity contribution in [2.24, 2.45) is 0 Å². The summed E-state index contributed by atoms with van der Waals surface area (Å²) in [6.07, 6.45) is 7.60. The van der Waals surface area contributed by atoms with Crippen molar-refractivity contribution in [2.45, 2.75) is 76.0 Å². The minimum Gasteiger partial charge on any atom is -0.396 e. The molecule has 0 radical (unpaired) electrons. The molecule has 0 aromatic heterocycles. The normalized spacial score (nSPS) is 22.6. The van der Waals surface area contributed by atoms with E-state index in [0.717, 1.165) is 74.1 Å². The van der Waals surface area contributed by atoms with Crippen molar-refractivity contribution in [3.63, 3.8) is 0 Å². The Morgan fingerprint density at radius 3 is 2.62 bits per heavy atom. The van der Waals surface area contributed by atoms with Crippen LogP contribution in [0.5, 0.6) is 0 Å². The Bertz CT molecular complexity index is 932. The maximum Gasteiger partial charge on any atom is 0.252 e. The molecular formula is C26H34F2N2O2. The maximum atomic E-state index is 15.0. The third-order valence-corrected chi connectivity index (χ3v) is 7.88. The minimum absolute atomic E-state index is 0.00915. The van der Waals surface area contributed by atoms with Crippen LogP contribution in [0.3, 0.4) is 0 Å². The van der Waals surface area contributed by atoms with Gasteiger partial charge in [-0.2, -0.15) is 0 Å². The van der Waals surface area contributed by atoms with Gasteiger partial charge < -0.3 is 15.3 Å². The molecular weight excluding hydrogens is 410 g/mol. The van der Waals surface area contributed by atoms with E-state index in [0.29, 0.717) is 30.9 Å². The van der Waals surface area contributed by atoms with Crippen LogP contribution in [0.1, 0.15) is 81.8 Å². The summed E-state index contributed by atoms with van der Waals surface area (Å²) in [5, 5.41) is 12.4. The maximum absolute atomic E-state index is 15.0. The summed E-state index contributed by atoms with van der Waals surface area (Å²) in [7, 11) is 0. The van der Waals surface area contributed by atoms with Crippen LogP contribution in [0.2, 0.25) is 0 Å². The second kappa shape index (κ2) is 9.34. The first-order valence-corrected chi connectivity index (χ1v) is 11.9. The molecule has 1 saturated heterocycles. The lowest BCUT2D eigenvalue weighted by molar-refractivity contribution is -0.117. The fraction of sp³-hybridized carbons (Fsp3) is 0.577. The van der Waals surface area contributed by atoms with Crippen LogP contribution < -0.4 is 5.32 Å². The van der Waals surface area contributed by atoms with Gasteiger partial charge in [0, 0.05) is 36.8 Å². The molecule has 1 aromatic carbocycles. The van der Waals surface area contributed by atoms with Gasteiger partial charge in [-0.25, -0.2) is 8.78 Å². The highest BCUT2D eigenvalue weighted by Gasteiger charge is 2.44. The number of rotatable bonds is 5. The third kappa shape index (κ3) is 4.34. The Hall–Kier alpha value is -2.21. The van der Waals surface area contributed by atoms with Crippen LogP contribution in [0.25, 0.3) is 0 Å². The number of allylic oxidation sites excluding steroid dienone is 1. The van der Waals surface area contributed by atoms with Crippen molar-refractivity contribution in [3.8, 4) is 0 Å². The predicted molar refractivity (Wildman–Crippen MR) is 121 cm³/mol. The van der Waals surface area contributed by atoms with E-state index < -0.39 is 11.6 Å². The van der Waals surface area contributed by atoms with Crippen molar-refractivity contribution in [1.82, 2.24) is 10.2 Å². The van der Waals surface area contributed by atoms with Gasteiger partial charge in [-0.05, 0) is 87.8 Å². The molecule has 3 aliphatic rings. The van der Waals surface area contributed by atoms with Crippen molar-refractivity contribution >= 4 is 5.91 Å². The van der Waals surface area contributed by atoms with Gasteiger partial charge >= 0.3 is 0 Å². The van der Waals surface area contributed by atoms with E-state index in [4.69, 9.17) is 0 Å². The second-order valence-corrected chi connectivity index (χ2v) is 9.73. The SMILES string of the molecule is C=C(NC(=O)C1=C(C)CCCC1)N1CCC2(CCC(CCO)c3cc(F)cc(F)c32)CC1. The number of aliphatic hydroxyl groups excluding tert-OH is 1. The lowest BCUT2D eigenvalue weighted by Crippen LogP contribution is -2.47. The first kappa shape index (κ1) is 23.0. The molecule has 1 amide bonds. The largest absolute Gasteiger partial charge is 0.396 e. The average molecular weight is 445 g/mol. The number of carbonyl (C=O) groups excluding carboxylic acids is 1. The van der Waals surface area contributed by atoms with Gasteiger partial charge in [0.15, 0.2) is 0 Å². The van der Waals surface area contributed by atoms with Crippen molar-refractivity contribution in [1.29, 1.82) is 0 Å². The Morgan fingerprint density at radius 2 is 1.94 bits per heavy atom. The number of hydrogen-bond donors (Lipinski definition) is 2. The number of halogens is 2. The molecule has 1 spiro atoms. The molecule has 0 bridgehead atoms. The number of hydrogen-bond acceptors (Lipinski definition) is 3. The summed E-state index contributed by atoms with van der Waals surface area (Å²) in [5.41, 5.74) is 3.08. The fourth-order valence-electron chi connectivity index (χ4n) is 6.02. The Balaban J connectivity index is 1.48. The molecule has 4 nitrogen and oxygen atoms in total. The molecule has 1 unspecified atom stereocenters. The van der Waals surface area contributed by atoms with E-state index >= 15 is 4.39 Å². The van der Waals surface area contributed by atoms with Gasteiger partial charge in [0.05, 0.1) is 0 Å². The van der Waals surface area contributed by atoms with E-state index in [9.17, 15) is 14.3 Å². The number of piperidine rings is 1. The number of nitrogens with one attached hydrogen (secondary N) is 1. The van der Waals surface area contributed by atoms with E-state index in [1.807, 2.05) is 6.92 Å². The number of likely N-dealkylation sites (tertiary alicyclic amines) is 1. The van der Waals surface area contributed by atoms with Crippen LogP contribution in [-0.4, -0.2) is 35.6 Å². The van der Waals surface area contributed by atoms with Crippen LogP contribution in [0, 0.1) is 11.6 Å². The Kier molecular flexibility index (Phi) is 6.70. The molecule has 0 saturated carbocycles. The van der Waals surface area contributed by atoms with E-state index in [1.54, 1.807) is 0 Å². The van der Waals surface area contributed by atoms with Crippen molar-refractivity contribution in [3.05, 3.63) is 58.4 Å². The number of aliphatic hydroxyl groups is 1. The molecule has 4 rings (SSSR count). The van der Waals surface area contributed by atoms with Crippen LogP contribution in [-0.2, 0) is 10.2 Å². The highest BCUT2D eigenvalue weighted by atomic mass is 19.1. The third-order valence-electron chi connectivity index (χ3n) is 7.88. The monoisotopic (exact) mass is 444 g/mol. The molecule has 1 fully saturated rings. The number of benzene rings is 1. The summed E-state index contributed by atoms with van der Waals surface area (Å²) in [6, 6.07) is 2.46. The van der Waals surface area contributed by atoms with Gasteiger partial charge in [0.1, 0.15) is 17.5 Å². The summed E-state index contributed by atoms with van der Waals surface area (Å²) in [5.74, 6) is -0.483. The topological polar surface area (TPSA) is 52.6 Å². The summed E-state index contributed by atoms with van der Waals surface area (Å²) in [6.45, 7) is 7.47. The quantitative estimate of drug-likeness (QED) is 0.669. The molecule has 1 aliphatic heterocycles. The number of amides is 1. The molecule has 32 heavy (non-hydrogen) atoms. The highest BCUT2D eigenvalue weighted by molar-refractivity contribution is 5.95. The zero-order chi connectivity index (χ0) is 22.9. The van der Waals surface area contributed by atoms with Gasteiger partial charge in [-0.15, -0.1) is 0 Å².